The first-order valence-corrected chi connectivity index (χ1v) is 9.58. The molecule has 2 heterocycles. The van der Waals surface area contributed by atoms with E-state index in [-0.39, 0.29) is 4.90 Å². The number of anilines is 1. The number of nitrogens with one attached hydrogen (secondary N) is 2. The Morgan fingerprint density at radius 2 is 1.96 bits per heavy atom. The number of nitrogens with two attached hydrogens (primary N) is 1. The van der Waals surface area contributed by atoms with E-state index in [1.807, 2.05) is 6.07 Å². The van der Waals surface area contributed by atoms with E-state index in [1.54, 1.807) is 24.3 Å². The summed E-state index contributed by atoms with van der Waals surface area (Å²) in [5.74, 6) is 0.930. The Balaban J connectivity index is 1.60. The van der Waals surface area contributed by atoms with Gasteiger partial charge in [0.2, 0.25) is 10.0 Å². The number of aromatic nitrogens is 1. The summed E-state index contributed by atoms with van der Waals surface area (Å²) in [6, 6.07) is 10.6. The molecule has 0 atom stereocenters. The third-order valence-electron chi connectivity index (χ3n) is 4.09. The minimum atomic E-state index is -3.51. The number of aryl methyl sites for hydroxylation is 1. The highest BCUT2D eigenvalue weighted by molar-refractivity contribution is 7.89. The Kier molecular flexibility index (Phi) is 5.13. The molecule has 4 N–H and O–H groups in total. The molecule has 0 spiro atoms. The average molecular weight is 346 g/mol. The summed E-state index contributed by atoms with van der Waals surface area (Å²) in [5.41, 5.74) is 8.53. The van der Waals surface area contributed by atoms with Crippen molar-refractivity contribution in [1.82, 2.24) is 9.71 Å². The van der Waals surface area contributed by atoms with Crippen molar-refractivity contribution in [2.45, 2.75) is 30.7 Å². The number of sulfonamides is 1. The van der Waals surface area contributed by atoms with E-state index in [0.717, 1.165) is 36.5 Å². The number of nitrogens with zero attached hydrogens (tertiary/aromatic N) is 1. The molecule has 128 valence electrons. The number of fused-ring (bicyclic) bond motifs is 1. The summed E-state index contributed by atoms with van der Waals surface area (Å²) in [5, 5.41) is 3.29. The number of pyridine rings is 1. The molecule has 1 aromatic carbocycles. The number of rotatable bonds is 6. The lowest BCUT2D eigenvalue weighted by molar-refractivity contribution is 0.581. The number of benzene rings is 1. The van der Waals surface area contributed by atoms with E-state index in [1.165, 1.54) is 5.56 Å². The maximum atomic E-state index is 12.3. The van der Waals surface area contributed by atoms with Crippen LogP contribution in [-0.2, 0) is 29.4 Å². The predicted octanol–water partition coefficient (Wildman–Crippen LogP) is 1.42. The summed E-state index contributed by atoms with van der Waals surface area (Å²) in [6.45, 7) is 1.65. The Morgan fingerprint density at radius 3 is 2.71 bits per heavy atom. The van der Waals surface area contributed by atoms with Crippen LogP contribution in [-0.4, -0.2) is 26.5 Å². The summed E-state index contributed by atoms with van der Waals surface area (Å²) >= 11 is 0. The van der Waals surface area contributed by atoms with Crippen LogP contribution in [0, 0.1) is 0 Å². The molecule has 3 rings (SSSR count). The van der Waals surface area contributed by atoms with Gasteiger partial charge in [-0.3, -0.25) is 0 Å². The number of hydrogen-bond donors (Lipinski definition) is 3. The molecule has 7 heteroatoms. The van der Waals surface area contributed by atoms with Crippen molar-refractivity contribution in [2.75, 3.05) is 18.4 Å². The lowest BCUT2D eigenvalue weighted by Gasteiger charge is -2.17. The van der Waals surface area contributed by atoms with E-state index >= 15 is 0 Å². The first-order chi connectivity index (χ1) is 11.6. The van der Waals surface area contributed by atoms with Gasteiger partial charge < -0.3 is 11.1 Å². The average Bonchev–Trinajstić information content (AvgIpc) is 2.61. The van der Waals surface area contributed by atoms with Crippen molar-refractivity contribution in [2.24, 2.45) is 5.73 Å². The van der Waals surface area contributed by atoms with Gasteiger partial charge in [-0.2, -0.15) is 0 Å². The Labute approximate surface area is 142 Å². The number of hydrogen-bond acceptors (Lipinski definition) is 5. The van der Waals surface area contributed by atoms with Gasteiger partial charge in [0.05, 0.1) is 4.90 Å². The molecule has 0 aliphatic carbocycles. The fourth-order valence-corrected chi connectivity index (χ4v) is 3.74. The third kappa shape index (κ3) is 3.92. The van der Waals surface area contributed by atoms with E-state index in [4.69, 9.17) is 5.73 Å². The molecule has 0 fully saturated rings. The smallest absolute Gasteiger partial charge is 0.240 e. The normalized spacial score (nSPS) is 14.0. The van der Waals surface area contributed by atoms with Gasteiger partial charge in [-0.25, -0.2) is 18.1 Å². The van der Waals surface area contributed by atoms with Crippen LogP contribution in [0.1, 0.15) is 23.2 Å². The van der Waals surface area contributed by atoms with Crippen LogP contribution in [0.15, 0.2) is 41.3 Å². The molecule has 1 aliphatic rings. The SMILES string of the molecule is NCc1ccc(S(=O)(=O)NCCc2ccc3c(n2)NCCC3)cc1. The van der Waals surface area contributed by atoms with E-state index < -0.39 is 10.0 Å². The van der Waals surface area contributed by atoms with Crippen LogP contribution < -0.4 is 15.8 Å². The first kappa shape index (κ1) is 16.9. The molecule has 0 bridgehead atoms. The van der Waals surface area contributed by atoms with Gasteiger partial charge in [0, 0.05) is 31.7 Å². The summed E-state index contributed by atoms with van der Waals surface area (Å²) in [4.78, 5) is 4.82. The van der Waals surface area contributed by atoms with Gasteiger partial charge in [0.25, 0.3) is 0 Å². The van der Waals surface area contributed by atoms with Gasteiger partial charge in [0.1, 0.15) is 5.82 Å². The second kappa shape index (κ2) is 7.29. The van der Waals surface area contributed by atoms with Crippen LogP contribution >= 0.6 is 0 Å². The minimum absolute atomic E-state index is 0.250. The molecule has 0 saturated carbocycles. The predicted molar refractivity (Wildman–Crippen MR) is 94.3 cm³/mol. The van der Waals surface area contributed by atoms with Gasteiger partial charge in [-0.1, -0.05) is 18.2 Å². The zero-order valence-corrected chi connectivity index (χ0v) is 14.3. The summed E-state index contributed by atoms with van der Waals surface area (Å²) in [7, 11) is -3.51. The zero-order chi connectivity index (χ0) is 17.0. The van der Waals surface area contributed by atoms with Crippen molar-refractivity contribution in [3.63, 3.8) is 0 Å². The van der Waals surface area contributed by atoms with Crippen molar-refractivity contribution in [3.8, 4) is 0 Å². The van der Waals surface area contributed by atoms with Crippen LogP contribution in [0.5, 0.6) is 0 Å². The summed E-state index contributed by atoms with van der Waals surface area (Å²) < 4.78 is 27.2. The van der Waals surface area contributed by atoms with Crippen molar-refractivity contribution in [1.29, 1.82) is 0 Å². The first-order valence-electron chi connectivity index (χ1n) is 8.10. The molecular formula is C17H22N4O2S. The van der Waals surface area contributed by atoms with Crippen molar-refractivity contribution in [3.05, 3.63) is 53.2 Å². The fraction of sp³-hybridized carbons (Fsp3) is 0.353. The second-order valence-corrected chi connectivity index (χ2v) is 7.60. The van der Waals surface area contributed by atoms with Crippen molar-refractivity contribution >= 4 is 15.8 Å². The maximum Gasteiger partial charge on any atom is 0.240 e. The molecule has 1 aromatic heterocycles. The summed E-state index contributed by atoms with van der Waals surface area (Å²) in [6.07, 6.45) is 2.72. The largest absolute Gasteiger partial charge is 0.370 e. The van der Waals surface area contributed by atoms with Gasteiger partial charge in [-0.05, 0) is 42.2 Å². The Hall–Kier alpha value is -1.96. The molecular weight excluding hydrogens is 324 g/mol. The lowest BCUT2D eigenvalue weighted by Crippen LogP contribution is -2.26. The molecule has 0 unspecified atom stereocenters. The van der Waals surface area contributed by atoms with Gasteiger partial charge >= 0.3 is 0 Å². The second-order valence-electron chi connectivity index (χ2n) is 5.84. The van der Waals surface area contributed by atoms with Gasteiger partial charge in [-0.15, -0.1) is 0 Å². The maximum absolute atomic E-state index is 12.3. The van der Waals surface area contributed by atoms with Crippen LogP contribution in [0.2, 0.25) is 0 Å². The highest BCUT2D eigenvalue weighted by Gasteiger charge is 2.14. The highest BCUT2D eigenvalue weighted by atomic mass is 32.2. The molecule has 1 aliphatic heterocycles. The van der Waals surface area contributed by atoms with Gasteiger partial charge in [0.15, 0.2) is 0 Å². The Morgan fingerprint density at radius 1 is 1.17 bits per heavy atom. The van der Waals surface area contributed by atoms with Crippen molar-refractivity contribution < 1.29 is 8.42 Å². The standard InChI is InChI=1S/C17H22N4O2S/c18-12-13-3-7-16(8-4-13)24(22,23)20-11-9-15-6-5-14-2-1-10-19-17(14)21-15/h3-8,20H,1-2,9-12,18H2,(H,19,21). The quantitative estimate of drug-likeness (QED) is 0.735. The topological polar surface area (TPSA) is 97.1 Å². The lowest BCUT2D eigenvalue weighted by atomic mass is 10.1. The van der Waals surface area contributed by atoms with Crippen LogP contribution in [0.25, 0.3) is 0 Å². The van der Waals surface area contributed by atoms with Crippen LogP contribution in [0.4, 0.5) is 5.82 Å². The third-order valence-corrected chi connectivity index (χ3v) is 5.57. The minimum Gasteiger partial charge on any atom is -0.370 e. The van der Waals surface area contributed by atoms with Crippen LogP contribution in [0.3, 0.4) is 0 Å². The molecule has 2 aromatic rings. The molecule has 0 saturated heterocycles. The molecule has 6 nitrogen and oxygen atoms in total. The zero-order valence-electron chi connectivity index (χ0n) is 13.5. The molecule has 0 amide bonds. The highest BCUT2D eigenvalue weighted by Crippen LogP contribution is 2.19. The molecule has 24 heavy (non-hydrogen) atoms. The Bertz CT molecular complexity index is 804. The molecule has 0 radical (unpaired) electrons. The monoisotopic (exact) mass is 346 g/mol. The fourth-order valence-electron chi connectivity index (χ4n) is 2.71. The van der Waals surface area contributed by atoms with E-state index in [2.05, 4.69) is 21.1 Å². The van der Waals surface area contributed by atoms with E-state index in [9.17, 15) is 8.42 Å². The van der Waals surface area contributed by atoms with E-state index in [0.29, 0.717) is 19.5 Å².